The van der Waals surface area contributed by atoms with Gasteiger partial charge in [-0.3, -0.25) is 0 Å². The highest BCUT2D eigenvalue weighted by Gasteiger charge is 2.26. The van der Waals surface area contributed by atoms with E-state index >= 15 is 0 Å². The predicted octanol–water partition coefficient (Wildman–Crippen LogP) is 14.4. The molecular formula is C52H41N3. The first-order valence-corrected chi connectivity index (χ1v) is 19.4. The van der Waals surface area contributed by atoms with Crippen LogP contribution in [0.2, 0.25) is 0 Å². The van der Waals surface area contributed by atoms with E-state index in [1.807, 2.05) is 0 Å². The summed E-state index contributed by atoms with van der Waals surface area (Å²) in [4.78, 5) is 7.36. The SMILES string of the molecule is C1=CCCC(N(c2ccc3c(c2)N(c2ccccc2)c2cc(N(c4ccccc4)c4ccc5ccccc5c4)ccc2CC3)c2ccc3ccccc3c2)=C1. The van der Waals surface area contributed by atoms with Gasteiger partial charge in [-0.25, -0.2) is 0 Å². The van der Waals surface area contributed by atoms with Gasteiger partial charge in [0.2, 0.25) is 0 Å². The molecule has 0 radical (unpaired) electrons. The summed E-state index contributed by atoms with van der Waals surface area (Å²) in [5.41, 5.74) is 13.3. The molecule has 1 heterocycles. The zero-order valence-corrected chi connectivity index (χ0v) is 30.7. The Balaban J connectivity index is 1.15. The van der Waals surface area contributed by atoms with E-state index < -0.39 is 0 Å². The number of hydrogen-bond acceptors (Lipinski definition) is 3. The van der Waals surface area contributed by atoms with E-state index in [4.69, 9.17) is 0 Å². The average molecular weight is 708 g/mol. The van der Waals surface area contributed by atoms with Gasteiger partial charge in [0.05, 0.1) is 11.4 Å². The number of para-hydroxylation sites is 2. The molecule has 0 bridgehead atoms. The van der Waals surface area contributed by atoms with Crippen molar-refractivity contribution in [3.8, 4) is 0 Å². The van der Waals surface area contributed by atoms with Crippen LogP contribution in [0.3, 0.4) is 0 Å². The Morgan fingerprint density at radius 1 is 0.382 bits per heavy atom. The molecule has 2 aliphatic rings. The molecule has 8 aromatic carbocycles. The minimum absolute atomic E-state index is 0.955. The number of aryl methyl sites for hydroxylation is 2. The van der Waals surface area contributed by atoms with Crippen LogP contribution in [-0.4, -0.2) is 0 Å². The van der Waals surface area contributed by atoms with E-state index in [1.54, 1.807) is 0 Å². The average Bonchev–Trinajstić information content (AvgIpc) is 3.41. The molecule has 0 N–H and O–H groups in total. The van der Waals surface area contributed by atoms with Crippen molar-refractivity contribution in [2.24, 2.45) is 0 Å². The standard InChI is InChI=1S/C52H41N3/c1-4-18-44(19-5-1)53(47-30-26-38-14-10-12-16-42(38)34-47)49-32-28-40-24-25-41-29-33-50(37-52(41)55(51(40)36-49)46-22-8-3-9-23-46)54(45-20-6-2-7-21-45)48-31-27-39-15-11-13-17-43(39)35-48/h1-6,8-20,22-23,26-37H,7,21,24-25H2. The molecule has 3 heteroatoms. The molecule has 1 aliphatic heterocycles. The maximum absolute atomic E-state index is 2.50. The van der Waals surface area contributed by atoms with Gasteiger partial charge >= 0.3 is 0 Å². The van der Waals surface area contributed by atoms with Crippen LogP contribution in [0.4, 0.5) is 45.5 Å². The summed E-state index contributed by atoms with van der Waals surface area (Å²) in [5.74, 6) is 0. The van der Waals surface area contributed by atoms with E-state index in [-0.39, 0.29) is 0 Å². The fourth-order valence-electron chi connectivity index (χ4n) is 8.39. The molecule has 1 aliphatic carbocycles. The summed E-state index contributed by atoms with van der Waals surface area (Å²) in [7, 11) is 0. The topological polar surface area (TPSA) is 9.72 Å². The summed E-state index contributed by atoms with van der Waals surface area (Å²) in [6.07, 6.45) is 10.7. The van der Waals surface area contributed by atoms with E-state index in [0.29, 0.717) is 0 Å². The van der Waals surface area contributed by atoms with Gasteiger partial charge in [0.1, 0.15) is 0 Å². The smallest absolute Gasteiger partial charge is 0.0514 e. The Morgan fingerprint density at radius 2 is 0.873 bits per heavy atom. The summed E-state index contributed by atoms with van der Waals surface area (Å²) < 4.78 is 0. The maximum Gasteiger partial charge on any atom is 0.0514 e. The number of anilines is 8. The van der Waals surface area contributed by atoms with Gasteiger partial charge in [-0.2, -0.15) is 0 Å². The van der Waals surface area contributed by atoms with E-state index in [1.165, 1.54) is 55.4 Å². The first kappa shape index (κ1) is 32.8. The quantitative estimate of drug-likeness (QED) is 0.163. The van der Waals surface area contributed by atoms with Crippen molar-refractivity contribution in [2.75, 3.05) is 14.7 Å². The third-order valence-corrected chi connectivity index (χ3v) is 11.1. The zero-order valence-electron chi connectivity index (χ0n) is 30.7. The van der Waals surface area contributed by atoms with Crippen LogP contribution < -0.4 is 14.7 Å². The Hall–Kier alpha value is -6.84. The Labute approximate surface area is 323 Å². The minimum Gasteiger partial charge on any atom is -0.314 e. The molecule has 0 spiro atoms. The van der Waals surface area contributed by atoms with Gasteiger partial charge in [0.25, 0.3) is 0 Å². The van der Waals surface area contributed by atoms with Crippen molar-refractivity contribution in [3.05, 3.63) is 217 Å². The highest BCUT2D eigenvalue weighted by atomic mass is 15.2. The highest BCUT2D eigenvalue weighted by Crippen LogP contribution is 2.47. The molecule has 0 amide bonds. The van der Waals surface area contributed by atoms with Crippen LogP contribution >= 0.6 is 0 Å². The van der Waals surface area contributed by atoms with Gasteiger partial charge in [-0.05, 0) is 137 Å². The lowest BCUT2D eigenvalue weighted by atomic mass is 10.0. The largest absolute Gasteiger partial charge is 0.314 e. The van der Waals surface area contributed by atoms with Crippen LogP contribution in [0, 0.1) is 0 Å². The van der Waals surface area contributed by atoms with Crippen LogP contribution in [0.5, 0.6) is 0 Å². The molecule has 10 rings (SSSR count). The fourth-order valence-corrected chi connectivity index (χ4v) is 8.39. The molecule has 55 heavy (non-hydrogen) atoms. The van der Waals surface area contributed by atoms with Crippen molar-refractivity contribution in [1.82, 2.24) is 0 Å². The van der Waals surface area contributed by atoms with Crippen molar-refractivity contribution < 1.29 is 0 Å². The monoisotopic (exact) mass is 707 g/mol. The number of nitrogens with zero attached hydrogens (tertiary/aromatic N) is 3. The number of benzene rings is 8. The van der Waals surface area contributed by atoms with Crippen LogP contribution in [0.15, 0.2) is 206 Å². The van der Waals surface area contributed by atoms with E-state index in [9.17, 15) is 0 Å². The van der Waals surface area contributed by atoms with Crippen LogP contribution in [0.25, 0.3) is 21.5 Å². The number of fused-ring (bicyclic) bond motifs is 4. The first-order valence-electron chi connectivity index (χ1n) is 19.4. The minimum atomic E-state index is 0.955. The molecule has 0 fully saturated rings. The molecular weight excluding hydrogens is 667 g/mol. The van der Waals surface area contributed by atoms with Crippen LogP contribution in [-0.2, 0) is 12.8 Å². The summed E-state index contributed by atoms with van der Waals surface area (Å²) in [6.45, 7) is 0. The highest BCUT2D eigenvalue weighted by molar-refractivity contribution is 5.92. The third-order valence-electron chi connectivity index (χ3n) is 11.1. The number of allylic oxidation sites excluding steroid dienone is 4. The third kappa shape index (κ3) is 6.24. The molecule has 0 atom stereocenters. The Morgan fingerprint density at radius 3 is 1.45 bits per heavy atom. The molecule has 0 saturated carbocycles. The second kappa shape index (κ2) is 14.2. The maximum atomic E-state index is 2.50. The molecule has 8 aromatic rings. The number of hydrogen-bond donors (Lipinski definition) is 0. The van der Waals surface area contributed by atoms with Gasteiger partial charge in [0.15, 0.2) is 0 Å². The van der Waals surface area contributed by atoms with Crippen molar-refractivity contribution in [3.63, 3.8) is 0 Å². The molecule has 0 unspecified atom stereocenters. The predicted molar refractivity (Wildman–Crippen MR) is 233 cm³/mol. The van der Waals surface area contributed by atoms with Crippen molar-refractivity contribution in [2.45, 2.75) is 25.7 Å². The van der Waals surface area contributed by atoms with Crippen LogP contribution in [0.1, 0.15) is 24.0 Å². The molecule has 0 aromatic heterocycles. The second-order valence-electron chi connectivity index (χ2n) is 14.5. The summed E-state index contributed by atoms with van der Waals surface area (Å²) in [5, 5.41) is 4.96. The lowest BCUT2D eigenvalue weighted by molar-refractivity contribution is 0.917. The Bertz CT molecular complexity index is 2730. The zero-order chi connectivity index (χ0) is 36.6. The molecule has 264 valence electrons. The van der Waals surface area contributed by atoms with Gasteiger partial charge in [-0.1, -0.05) is 121 Å². The summed E-state index contributed by atoms with van der Waals surface area (Å²) >= 11 is 0. The summed E-state index contributed by atoms with van der Waals surface area (Å²) in [6, 6.07) is 66.7. The van der Waals surface area contributed by atoms with Crippen molar-refractivity contribution in [1.29, 1.82) is 0 Å². The van der Waals surface area contributed by atoms with Crippen molar-refractivity contribution >= 4 is 67.0 Å². The van der Waals surface area contributed by atoms with Gasteiger partial charge < -0.3 is 14.7 Å². The molecule has 0 saturated heterocycles. The van der Waals surface area contributed by atoms with E-state index in [0.717, 1.165) is 54.1 Å². The fraction of sp³-hybridized carbons (Fsp3) is 0.0769. The normalized spacial score (nSPS) is 13.5. The Kier molecular flexibility index (Phi) is 8.46. The lowest BCUT2D eigenvalue weighted by Gasteiger charge is -2.33. The van der Waals surface area contributed by atoms with Gasteiger partial charge in [0, 0.05) is 39.8 Å². The van der Waals surface area contributed by atoms with Gasteiger partial charge in [-0.15, -0.1) is 0 Å². The second-order valence-corrected chi connectivity index (χ2v) is 14.5. The van der Waals surface area contributed by atoms with E-state index in [2.05, 4.69) is 215 Å². The first-order chi connectivity index (χ1) is 27.3. The number of rotatable bonds is 7. The lowest BCUT2D eigenvalue weighted by Crippen LogP contribution is -2.19. The molecule has 3 nitrogen and oxygen atoms in total.